The van der Waals surface area contributed by atoms with Crippen molar-refractivity contribution in [2.75, 3.05) is 36.2 Å². The van der Waals surface area contributed by atoms with E-state index in [1.54, 1.807) is 13.1 Å². The highest BCUT2D eigenvalue weighted by atomic mass is 32.2. The fourth-order valence-electron chi connectivity index (χ4n) is 1.74. The van der Waals surface area contributed by atoms with Gasteiger partial charge in [0.05, 0.1) is 4.92 Å². The number of thioether (sulfide) groups is 1. The average molecular weight is 283 g/mol. The summed E-state index contributed by atoms with van der Waals surface area (Å²) in [6.07, 6.45) is 5.60. The zero-order valence-electron chi connectivity index (χ0n) is 11.4. The van der Waals surface area contributed by atoms with E-state index in [1.165, 1.54) is 24.7 Å². The molecule has 5 nitrogen and oxygen atoms in total. The quantitative estimate of drug-likeness (QED) is 0.412. The number of non-ortho nitro benzene ring substituents is 1. The van der Waals surface area contributed by atoms with E-state index in [2.05, 4.69) is 16.9 Å². The minimum atomic E-state index is -0.371. The zero-order valence-corrected chi connectivity index (χ0v) is 12.3. The van der Waals surface area contributed by atoms with Crippen molar-refractivity contribution < 1.29 is 4.92 Å². The van der Waals surface area contributed by atoms with Gasteiger partial charge >= 0.3 is 0 Å². The van der Waals surface area contributed by atoms with Crippen LogP contribution in [0.25, 0.3) is 0 Å². The second-order valence-electron chi connectivity index (χ2n) is 4.26. The van der Waals surface area contributed by atoms with E-state index in [-0.39, 0.29) is 10.6 Å². The number of nitrogens with one attached hydrogen (secondary N) is 2. The van der Waals surface area contributed by atoms with Crippen LogP contribution < -0.4 is 10.6 Å². The molecule has 1 rings (SSSR count). The third-order valence-corrected chi connectivity index (χ3v) is 3.47. The first kappa shape index (κ1) is 15.6. The van der Waals surface area contributed by atoms with E-state index in [0.29, 0.717) is 0 Å². The maximum atomic E-state index is 10.8. The molecule has 6 heteroatoms. The molecule has 1 aromatic rings. The molecule has 0 amide bonds. The van der Waals surface area contributed by atoms with Crippen LogP contribution in [-0.2, 0) is 0 Å². The summed E-state index contributed by atoms with van der Waals surface area (Å²) in [4.78, 5) is 10.4. The molecule has 0 unspecified atom stereocenters. The Hall–Kier alpha value is -1.43. The first-order valence-electron chi connectivity index (χ1n) is 6.37. The van der Waals surface area contributed by atoms with E-state index in [0.717, 1.165) is 24.3 Å². The molecule has 0 saturated carbocycles. The van der Waals surface area contributed by atoms with Crippen LogP contribution in [0.1, 0.15) is 19.3 Å². The number of nitro groups is 1. The standard InChI is InChI=1S/C13H21N3O2S/c1-14-11-8-12(10-13(9-11)16(17)18)15-6-4-3-5-7-19-2/h8-10,14-15H,3-7H2,1-2H3. The van der Waals surface area contributed by atoms with Crippen molar-refractivity contribution >= 4 is 28.8 Å². The third kappa shape index (κ3) is 5.83. The van der Waals surface area contributed by atoms with E-state index in [1.807, 2.05) is 17.8 Å². The van der Waals surface area contributed by atoms with Gasteiger partial charge in [-0.2, -0.15) is 11.8 Å². The average Bonchev–Trinajstić information content (AvgIpc) is 2.42. The second kappa shape index (κ2) is 8.63. The third-order valence-electron chi connectivity index (χ3n) is 2.77. The summed E-state index contributed by atoms with van der Waals surface area (Å²) in [5.74, 6) is 1.20. The van der Waals surface area contributed by atoms with Crippen LogP contribution >= 0.6 is 11.8 Å². The highest BCUT2D eigenvalue weighted by molar-refractivity contribution is 7.98. The first-order chi connectivity index (χ1) is 9.17. The lowest BCUT2D eigenvalue weighted by Gasteiger charge is -2.08. The molecule has 0 fully saturated rings. The summed E-state index contributed by atoms with van der Waals surface area (Å²) in [6, 6.07) is 4.99. The molecule has 0 radical (unpaired) electrons. The molecular weight excluding hydrogens is 262 g/mol. The lowest BCUT2D eigenvalue weighted by atomic mass is 10.2. The van der Waals surface area contributed by atoms with Crippen molar-refractivity contribution in [3.05, 3.63) is 28.3 Å². The number of unbranched alkanes of at least 4 members (excludes halogenated alkanes) is 2. The number of benzene rings is 1. The van der Waals surface area contributed by atoms with Gasteiger partial charge in [-0.1, -0.05) is 6.42 Å². The molecule has 0 aliphatic heterocycles. The summed E-state index contributed by atoms with van der Waals surface area (Å²) < 4.78 is 0. The Kier molecular flexibility index (Phi) is 7.10. The van der Waals surface area contributed by atoms with Crippen molar-refractivity contribution in [2.45, 2.75) is 19.3 Å². The van der Waals surface area contributed by atoms with Crippen molar-refractivity contribution in [2.24, 2.45) is 0 Å². The van der Waals surface area contributed by atoms with E-state index < -0.39 is 0 Å². The highest BCUT2D eigenvalue weighted by Gasteiger charge is 2.08. The number of nitro benzene ring substituents is 1. The van der Waals surface area contributed by atoms with Crippen molar-refractivity contribution in [3.8, 4) is 0 Å². The zero-order chi connectivity index (χ0) is 14.1. The van der Waals surface area contributed by atoms with Crippen LogP contribution in [0.15, 0.2) is 18.2 Å². The monoisotopic (exact) mass is 283 g/mol. The van der Waals surface area contributed by atoms with E-state index >= 15 is 0 Å². The summed E-state index contributed by atoms with van der Waals surface area (Å²) in [5, 5.41) is 17.0. The van der Waals surface area contributed by atoms with Gasteiger partial charge in [-0.3, -0.25) is 10.1 Å². The number of hydrogen-bond donors (Lipinski definition) is 2. The van der Waals surface area contributed by atoms with Gasteiger partial charge < -0.3 is 10.6 Å². The summed E-state index contributed by atoms with van der Waals surface area (Å²) in [7, 11) is 1.76. The molecule has 0 spiro atoms. The summed E-state index contributed by atoms with van der Waals surface area (Å²) in [5.41, 5.74) is 1.65. The molecule has 0 heterocycles. The Morgan fingerprint density at radius 3 is 2.58 bits per heavy atom. The van der Waals surface area contributed by atoms with Crippen LogP contribution in [0.3, 0.4) is 0 Å². The van der Waals surface area contributed by atoms with Gasteiger partial charge in [0.1, 0.15) is 0 Å². The fraction of sp³-hybridized carbons (Fsp3) is 0.538. The van der Waals surface area contributed by atoms with Crippen LogP contribution in [0.5, 0.6) is 0 Å². The summed E-state index contributed by atoms with van der Waals surface area (Å²) >= 11 is 1.86. The predicted molar refractivity (Wildman–Crippen MR) is 83.4 cm³/mol. The maximum Gasteiger partial charge on any atom is 0.273 e. The van der Waals surface area contributed by atoms with Crippen LogP contribution in [0.2, 0.25) is 0 Å². The second-order valence-corrected chi connectivity index (χ2v) is 5.24. The van der Waals surface area contributed by atoms with Crippen LogP contribution in [-0.4, -0.2) is 30.5 Å². The maximum absolute atomic E-state index is 10.8. The smallest absolute Gasteiger partial charge is 0.273 e. The number of anilines is 2. The van der Waals surface area contributed by atoms with Crippen molar-refractivity contribution in [1.29, 1.82) is 0 Å². The minimum Gasteiger partial charge on any atom is -0.388 e. The largest absolute Gasteiger partial charge is 0.388 e. The molecule has 0 aromatic heterocycles. The Balaban J connectivity index is 2.48. The topological polar surface area (TPSA) is 67.2 Å². The Morgan fingerprint density at radius 1 is 1.21 bits per heavy atom. The molecule has 0 saturated heterocycles. The molecule has 106 valence electrons. The van der Waals surface area contributed by atoms with Gasteiger partial charge in [-0.15, -0.1) is 0 Å². The van der Waals surface area contributed by atoms with Crippen molar-refractivity contribution in [1.82, 2.24) is 0 Å². The molecule has 0 atom stereocenters. The van der Waals surface area contributed by atoms with Crippen LogP contribution in [0.4, 0.5) is 17.1 Å². The highest BCUT2D eigenvalue weighted by Crippen LogP contribution is 2.24. The van der Waals surface area contributed by atoms with Gasteiger partial charge in [0.2, 0.25) is 0 Å². The molecule has 2 N–H and O–H groups in total. The molecule has 0 bridgehead atoms. The Morgan fingerprint density at radius 2 is 1.95 bits per heavy atom. The molecule has 0 aliphatic carbocycles. The van der Waals surface area contributed by atoms with Gasteiger partial charge in [0.15, 0.2) is 0 Å². The van der Waals surface area contributed by atoms with Crippen molar-refractivity contribution in [3.63, 3.8) is 0 Å². The summed E-state index contributed by atoms with van der Waals surface area (Å²) in [6.45, 7) is 0.846. The van der Waals surface area contributed by atoms with E-state index in [9.17, 15) is 10.1 Å². The Bertz CT molecular complexity index is 413. The first-order valence-corrected chi connectivity index (χ1v) is 7.77. The number of hydrogen-bond acceptors (Lipinski definition) is 5. The molecular formula is C13H21N3O2S. The Labute approximate surface area is 118 Å². The van der Waals surface area contributed by atoms with Crippen LogP contribution in [0, 0.1) is 10.1 Å². The lowest BCUT2D eigenvalue weighted by Crippen LogP contribution is -2.03. The molecule has 0 aliphatic rings. The van der Waals surface area contributed by atoms with Gasteiger partial charge in [0, 0.05) is 37.1 Å². The normalized spacial score (nSPS) is 10.2. The van der Waals surface area contributed by atoms with E-state index in [4.69, 9.17) is 0 Å². The lowest BCUT2D eigenvalue weighted by molar-refractivity contribution is -0.384. The molecule has 19 heavy (non-hydrogen) atoms. The fourth-order valence-corrected chi connectivity index (χ4v) is 2.24. The predicted octanol–water partition coefficient (Wildman–Crippen LogP) is 3.58. The number of rotatable bonds is 9. The molecule has 1 aromatic carbocycles. The van der Waals surface area contributed by atoms with Gasteiger partial charge in [-0.05, 0) is 30.9 Å². The SMILES string of the molecule is CNc1cc(NCCCCCSC)cc([N+](=O)[O-])c1. The minimum absolute atomic E-state index is 0.108. The number of nitrogens with zero attached hydrogens (tertiary/aromatic N) is 1. The van der Waals surface area contributed by atoms with Gasteiger partial charge in [0.25, 0.3) is 5.69 Å². The van der Waals surface area contributed by atoms with Gasteiger partial charge in [-0.25, -0.2) is 0 Å².